The number of aryl methyl sites for hydroxylation is 2. The Morgan fingerprint density at radius 2 is 2.08 bits per heavy atom. The van der Waals surface area contributed by atoms with Crippen LogP contribution < -0.4 is 4.74 Å². The van der Waals surface area contributed by atoms with Crippen molar-refractivity contribution in [1.82, 2.24) is 9.80 Å². The van der Waals surface area contributed by atoms with Gasteiger partial charge in [-0.1, -0.05) is 17.7 Å². The monoisotopic (exact) mass is 332 g/mol. The number of ether oxygens (including phenoxy) is 1. The Kier molecular flexibility index (Phi) is 4.76. The highest BCUT2D eigenvalue weighted by Gasteiger charge is 2.46. The van der Waals surface area contributed by atoms with Gasteiger partial charge in [-0.2, -0.15) is 0 Å². The van der Waals surface area contributed by atoms with Crippen LogP contribution in [0.25, 0.3) is 0 Å². The number of piperidine rings is 1. The summed E-state index contributed by atoms with van der Waals surface area (Å²) in [4.78, 5) is 27.5. The predicted molar refractivity (Wildman–Crippen MR) is 88.9 cm³/mol. The lowest BCUT2D eigenvalue weighted by molar-refractivity contribution is -0.129. The van der Waals surface area contributed by atoms with Gasteiger partial charge in [0.05, 0.1) is 6.54 Å². The van der Waals surface area contributed by atoms with Crippen LogP contribution in [0, 0.1) is 13.8 Å². The Balaban J connectivity index is 1.57. The molecule has 1 N–H and O–H groups in total. The molecule has 0 radical (unpaired) electrons. The molecule has 6 heteroatoms. The molecule has 6 nitrogen and oxygen atoms in total. The summed E-state index contributed by atoms with van der Waals surface area (Å²) in [5.41, 5.74) is 2.14. The van der Waals surface area contributed by atoms with Crippen molar-refractivity contribution >= 4 is 11.9 Å². The molecule has 3 amide bonds. The number of imide groups is 1. The largest absolute Gasteiger partial charge is 0.491 e. The molecule has 1 aromatic rings. The van der Waals surface area contributed by atoms with E-state index in [4.69, 9.17) is 4.74 Å². The number of aliphatic hydroxyl groups excluding tert-OH is 1. The zero-order chi connectivity index (χ0) is 17.3. The minimum Gasteiger partial charge on any atom is -0.491 e. The van der Waals surface area contributed by atoms with E-state index in [1.165, 1.54) is 4.90 Å². The fraction of sp³-hybridized carbons (Fsp3) is 0.556. The Morgan fingerprint density at radius 3 is 2.79 bits per heavy atom. The first kappa shape index (κ1) is 16.8. The van der Waals surface area contributed by atoms with Gasteiger partial charge in [0.2, 0.25) is 0 Å². The van der Waals surface area contributed by atoms with Crippen molar-refractivity contribution in [2.75, 3.05) is 19.7 Å². The number of rotatable bonds is 5. The van der Waals surface area contributed by atoms with Crippen molar-refractivity contribution in [3.8, 4) is 5.75 Å². The first-order valence-corrected chi connectivity index (χ1v) is 8.47. The SMILES string of the molecule is Cc1ccc(OC[C@@H](O)CN2C(=O)[C@@H]3CCCCN3C2=O)c(C)c1. The Morgan fingerprint density at radius 1 is 1.29 bits per heavy atom. The van der Waals surface area contributed by atoms with E-state index in [0.29, 0.717) is 12.3 Å². The maximum absolute atomic E-state index is 12.4. The van der Waals surface area contributed by atoms with Gasteiger partial charge in [-0.15, -0.1) is 0 Å². The fourth-order valence-electron chi connectivity index (χ4n) is 3.43. The summed E-state index contributed by atoms with van der Waals surface area (Å²) >= 11 is 0. The van der Waals surface area contributed by atoms with Crippen LogP contribution in [-0.4, -0.2) is 58.7 Å². The fourth-order valence-corrected chi connectivity index (χ4v) is 3.43. The Labute approximate surface area is 142 Å². The maximum atomic E-state index is 12.4. The van der Waals surface area contributed by atoms with Gasteiger partial charge >= 0.3 is 6.03 Å². The van der Waals surface area contributed by atoms with Crippen LogP contribution in [0.15, 0.2) is 18.2 Å². The van der Waals surface area contributed by atoms with E-state index in [0.717, 1.165) is 30.4 Å². The van der Waals surface area contributed by atoms with Gasteiger partial charge in [0, 0.05) is 6.54 Å². The van der Waals surface area contributed by atoms with Gasteiger partial charge in [-0.25, -0.2) is 4.79 Å². The van der Waals surface area contributed by atoms with Crippen LogP contribution in [0.5, 0.6) is 5.75 Å². The van der Waals surface area contributed by atoms with Crippen LogP contribution >= 0.6 is 0 Å². The van der Waals surface area contributed by atoms with Crippen molar-refractivity contribution in [3.05, 3.63) is 29.3 Å². The minimum atomic E-state index is -0.903. The van der Waals surface area contributed by atoms with Crippen LogP contribution in [-0.2, 0) is 4.79 Å². The van der Waals surface area contributed by atoms with Crippen LogP contribution in [0.2, 0.25) is 0 Å². The van der Waals surface area contributed by atoms with Crippen LogP contribution in [0.4, 0.5) is 4.79 Å². The average molecular weight is 332 g/mol. The summed E-state index contributed by atoms with van der Waals surface area (Å²) in [6.45, 7) is 4.60. The molecular weight excluding hydrogens is 308 g/mol. The second-order valence-electron chi connectivity index (χ2n) is 6.67. The molecule has 0 aromatic heterocycles. The lowest BCUT2D eigenvalue weighted by atomic mass is 10.0. The summed E-state index contributed by atoms with van der Waals surface area (Å²) < 4.78 is 5.64. The Hall–Kier alpha value is -2.08. The number of β-amino-alcohol motifs (C(OH)–C–C–N with tert-alkyl or cyclic N) is 1. The highest BCUT2D eigenvalue weighted by molar-refractivity contribution is 6.04. The first-order chi connectivity index (χ1) is 11.5. The van der Waals surface area contributed by atoms with Gasteiger partial charge in [-0.3, -0.25) is 9.69 Å². The summed E-state index contributed by atoms with van der Waals surface area (Å²) in [7, 11) is 0. The zero-order valence-corrected chi connectivity index (χ0v) is 14.2. The number of benzene rings is 1. The molecule has 2 saturated heterocycles. The van der Waals surface area contributed by atoms with E-state index in [1.54, 1.807) is 4.90 Å². The average Bonchev–Trinajstić information content (AvgIpc) is 2.79. The zero-order valence-electron chi connectivity index (χ0n) is 14.2. The number of carbonyl (C=O) groups excluding carboxylic acids is 2. The second-order valence-corrected chi connectivity index (χ2v) is 6.67. The molecular formula is C18H24N2O4. The van der Waals surface area contributed by atoms with E-state index in [1.807, 2.05) is 32.0 Å². The number of nitrogens with zero attached hydrogens (tertiary/aromatic N) is 2. The van der Waals surface area contributed by atoms with Crippen molar-refractivity contribution in [2.24, 2.45) is 0 Å². The maximum Gasteiger partial charge on any atom is 0.327 e. The molecule has 0 saturated carbocycles. The topological polar surface area (TPSA) is 70.1 Å². The van der Waals surface area contributed by atoms with Gasteiger partial charge in [0.1, 0.15) is 24.5 Å². The number of aliphatic hydroxyl groups is 1. The number of carbonyl (C=O) groups is 2. The normalized spacial score (nSPS) is 21.9. The highest BCUT2D eigenvalue weighted by Crippen LogP contribution is 2.26. The molecule has 2 fully saturated rings. The molecule has 24 heavy (non-hydrogen) atoms. The molecule has 2 aliphatic heterocycles. The van der Waals surface area contributed by atoms with Crippen molar-refractivity contribution < 1.29 is 19.4 Å². The molecule has 2 atom stereocenters. The van der Waals surface area contributed by atoms with Gasteiger partial charge < -0.3 is 14.7 Å². The molecule has 2 heterocycles. The van der Waals surface area contributed by atoms with Crippen LogP contribution in [0.3, 0.4) is 0 Å². The predicted octanol–water partition coefficient (Wildman–Crippen LogP) is 1.86. The van der Waals surface area contributed by atoms with E-state index < -0.39 is 6.10 Å². The lowest BCUT2D eigenvalue weighted by Crippen LogP contribution is -2.40. The standard InChI is InChI=1S/C18H24N2O4/c1-12-6-7-16(13(2)9-12)24-11-14(21)10-20-17(22)15-5-3-4-8-19(15)18(20)23/h6-7,9,14-15,21H,3-5,8,10-11H2,1-2H3/t14-,15-/m0/s1. The molecule has 0 unspecified atom stereocenters. The van der Waals surface area contributed by atoms with Gasteiger partial charge in [0.25, 0.3) is 5.91 Å². The number of urea groups is 1. The highest BCUT2D eigenvalue weighted by atomic mass is 16.5. The van der Waals surface area contributed by atoms with Gasteiger partial charge in [0.15, 0.2) is 0 Å². The number of amides is 3. The number of hydrogen-bond acceptors (Lipinski definition) is 4. The smallest absolute Gasteiger partial charge is 0.327 e. The molecule has 130 valence electrons. The summed E-state index contributed by atoms with van der Waals surface area (Å²) in [6.07, 6.45) is 1.71. The van der Waals surface area contributed by atoms with Crippen molar-refractivity contribution in [2.45, 2.75) is 45.3 Å². The summed E-state index contributed by atoms with van der Waals surface area (Å²) in [5, 5.41) is 10.2. The quantitative estimate of drug-likeness (QED) is 0.836. The van der Waals surface area contributed by atoms with E-state index >= 15 is 0 Å². The van der Waals surface area contributed by atoms with Crippen molar-refractivity contribution in [3.63, 3.8) is 0 Å². The lowest BCUT2D eigenvalue weighted by Gasteiger charge is -2.26. The third-order valence-electron chi connectivity index (χ3n) is 4.69. The summed E-state index contributed by atoms with van der Waals surface area (Å²) in [5.74, 6) is 0.515. The molecule has 0 bridgehead atoms. The van der Waals surface area contributed by atoms with E-state index in [-0.39, 0.29) is 31.1 Å². The van der Waals surface area contributed by atoms with E-state index in [9.17, 15) is 14.7 Å². The van der Waals surface area contributed by atoms with Crippen molar-refractivity contribution in [1.29, 1.82) is 0 Å². The second kappa shape index (κ2) is 6.81. The molecule has 1 aromatic carbocycles. The molecule has 3 rings (SSSR count). The third kappa shape index (κ3) is 3.24. The van der Waals surface area contributed by atoms with E-state index in [2.05, 4.69) is 0 Å². The molecule has 0 aliphatic carbocycles. The number of hydrogen-bond donors (Lipinski definition) is 1. The van der Waals surface area contributed by atoms with Crippen LogP contribution in [0.1, 0.15) is 30.4 Å². The number of fused-ring (bicyclic) bond motifs is 1. The minimum absolute atomic E-state index is 0.0183. The molecule has 0 spiro atoms. The molecule has 2 aliphatic rings. The Bertz CT molecular complexity index is 622. The third-order valence-corrected chi connectivity index (χ3v) is 4.69. The first-order valence-electron chi connectivity index (χ1n) is 8.47. The van der Waals surface area contributed by atoms with Gasteiger partial charge in [-0.05, 0) is 44.7 Å². The summed E-state index contributed by atoms with van der Waals surface area (Å²) in [6, 6.07) is 5.20.